The van der Waals surface area contributed by atoms with E-state index in [-0.39, 0.29) is 11.3 Å². The molecule has 0 radical (unpaired) electrons. The number of hydrogen-bond donors (Lipinski definition) is 0. The molecule has 0 saturated carbocycles. The Bertz CT molecular complexity index is 742. The summed E-state index contributed by atoms with van der Waals surface area (Å²) in [6.07, 6.45) is 0. The van der Waals surface area contributed by atoms with Crippen molar-refractivity contribution >= 4 is 12.6 Å². The van der Waals surface area contributed by atoms with E-state index in [0.29, 0.717) is 11.2 Å². The van der Waals surface area contributed by atoms with Crippen molar-refractivity contribution in [3.05, 3.63) is 35.6 Å². The van der Waals surface area contributed by atoms with E-state index in [9.17, 15) is 8.78 Å². The molecular formula is C16H18BF2NO3. The summed E-state index contributed by atoms with van der Waals surface area (Å²) in [6.45, 7) is 9.41. The third kappa shape index (κ3) is 2.58. The Morgan fingerprint density at radius 1 is 1.04 bits per heavy atom. The van der Waals surface area contributed by atoms with Gasteiger partial charge >= 0.3 is 7.12 Å². The summed E-state index contributed by atoms with van der Waals surface area (Å²) < 4.78 is 44.5. The molecule has 4 nitrogen and oxygen atoms in total. The summed E-state index contributed by atoms with van der Waals surface area (Å²) in [4.78, 5) is 0. The number of aryl methyl sites for hydroxylation is 1. The molecule has 122 valence electrons. The van der Waals surface area contributed by atoms with Crippen molar-refractivity contribution < 1.29 is 22.6 Å². The van der Waals surface area contributed by atoms with Crippen molar-refractivity contribution in [2.24, 2.45) is 0 Å². The Balaban J connectivity index is 2.07. The number of nitrogens with zero attached hydrogens (tertiary/aromatic N) is 1. The van der Waals surface area contributed by atoms with E-state index in [2.05, 4.69) is 5.16 Å². The van der Waals surface area contributed by atoms with E-state index in [1.165, 1.54) is 12.1 Å². The monoisotopic (exact) mass is 321 g/mol. The third-order valence-electron chi connectivity index (χ3n) is 4.58. The van der Waals surface area contributed by atoms with Crippen LogP contribution in [0.25, 0.3) is 11.3 Å². The average molecular weight is 321 g/mol. The minimum absolute atomic E-state index is 0.146. The molecule has 7 heteroatoms. The fourth-order valence-electron chi connectivity index (χ4n) is 2.49. The van der Waals surface area contributed by atoms with E-state index >= 15 is 0 Å². The molecule has 1 aliphatic heterocycles. The second-order valence-corrected chi connectivity index (χ2v) is 6.71. The largest absolute Gasteiger partial charge is 0.500 e. The lowest BCUT2D eigenvalue weighted by Gasteiger charge is -2.32. The van der Waals surface area contributed by atoms with Gasteiger partial charge < -0.3 is 13.8 Å². The normalized spacial score (nSPS) is 19.3. The molecule has 0 atom stereocenters. The van der Waals surface area contributed by atoms with Gasteiger partial charge in [0, 0.05) is 11.6 Å². The molecule has 1 aromatic heterocycles. The topological polar surface area (TPSA) is 44.5 Å². The summed E-state index contributed by atoms with van der Waals surface area (Å²) in [5.74, 6) is -0.887. The molecule has 0 spiro atoms. The lowest BCUT2D eigenvalue weighted by atomic mass is 9.76. The molecule has 0 N–H and O–H groups in total. The van der Waals surface area contributed by atoms with Gasteiger partial charge in [0.15, 0.2) is 0 Å². The van der Waals surface area contributed by atoms with Crippen LogP contribution in [0.3, 0.4) is 0 Å². The number of hydrogen-bond acceptors (Lipinski definition) is 4. The maximum Gasteiger partial charge on any atom is 0.500 e. The van der Waals surface area contributed by atoms with Crippen LogP contribution >= 0.6 is 0 Å². The summed E-state index contributed by atoms with van der Waals surface area (Å²) in [5, 5.41) is 3.92. The second-order valence-electron chi connectivity index (χ2n) is 6.71. The Morgan fingerprint density at radius 3 is 2.22 bits per heavy atom. The highest BCUT2D eigenvalue weighted by molar-refractivity contribution is 6.64. The number of benzene rings is 1. The van der Waals surface area contributed by atoms with Gasteiger partial charge in [-0.3, -0.25) is 0 Å². The Morgan fingerprint density at radius 2 is 1.65 bits per heavy atom. The first kappa shape index (κ1) is 16.1. The van der Waals surface area contributed by atoms with Crippen molar-refractivity contribution in [3.63, 3.8) is 0 Å². The van der Waals surface area contributed by atoms with E-state index < -0.39 is 30.0 Å². The van der Waals surface area contributed by atoms with Gasteiger partial charge in [-0.05, 0) is 46.8 Å². The van der Waals surface area contributed by atoms with Crippen LogP contribution in [0.15, 0.2) is 22.7 Å². The molecule has 1 aliphatic rings. The zero-order chi connectivity index (χ0) is 17.0. The lowest BCUT2D eigenvalue weighted by Crippen LogP contribution is -2.41. The van der Waals surface area contributed by atoms with Crippen LogP contribution in [0, 0.1) is 18.6 Å². The summed E-state index contributed by atoms with van der Waals surface area (Å²) >= 11 is 0. The molecule has 0 aliphatic carbocycles. The lowest BCUT2D eigenvalue weighted by molar-refractivity contribution is 0.00578. The van der Waals surface area contributed by atoms with Crippen LogP contribution in [-0.4, -0.2) is 23.5 Å². The predicted molar refractivity (Wildman–Crippen MR) is 82.3 cm³/mol. The van der Waals surface area contributed by atoms with Gasteiger partial charge in [0.05, 0.1) is 16.7 Å². The molecule has 2 heterocycles. The minimum Gasteiger partial charge on any atom is -0.399 e. The van der Waals surface area contributed by atoms with Crippen LogP contribution < -0.4 is 5.46 Å². The van der Waals surface area contributed by atoms with Crippen LogP contribution in [0.4, 0.5) is 8.78 Å². The van der Waals surface area contributed by atoms with Crippen LogP contribution in [0.1, 0.15) is 33.5 Å². The van der Waals surface area contributed by atoms with Crippen molar-refractivity contribution in [1.29, 1.82) is 0 Å². The van der Waals surface area contributed by atoms with Gasteiger partial charge in [-0.2, -0.15) is 0 Å². The fourth-order valence-corrected chi connectivity index (χ4v) is 2.49. The summed E-state index contributed by atoms with van der Waals surface area (Å²) in [5.41, 5.74) is -0.152. The van der Waals surface area contributed by atoms with Crippen molar-refractivity contribution in [2.45, 2.75) is 45.8 Å². The van der Waals surface area contributed by atoms with Gasteiger partial charge in [-0.1, -0.05) is 5.16 Å². The van der Waals surface area contributed by atoms with Crippen LogP contribution in [-0.2, 0) is 9.31 Å². The van der Waals surface area contributed by atoms with Crippen molar-refractivity contribution in [3.8, 4) is 11.3 Å². The molecule has 0 amide bonds. The van der Waals surface area contributed by atoms with E-state index in [1.807, 2.05) is 27.7 Å². The summed E-state index contributed by atoms with van der Waals surface area (Å²) in [7, 11) is -0.731. The van der Waals surface area contributed by atoms with Gasteiger partial charge in [0.25, 0.3) is 0 Å². The molecule has 0 unspecified atom stereocenters. The SMILES string of the molecule is Cc1onc(-c2ccc(F)cc2F)c1B1OC(C)(C)C(C)(C)O1. The first-order valence-corrected chi connectivity index (χ1v) is 7.39. The number of rotatable bonds is 2. The maximum atomic E-state index is 14.1. The maximum absolute atomic E-state index is 14.1. The first-order valence-electron chi connectivity index (χ1n) is 7.39. The Labute approximate surface area is 133 Å². The van der Waals surface area contributed by atoms with E-state index in [4.69, 9.17) is 13.8 Å². The van der Waals surface area contributed by atoms with Crippen LogP contribution in [0.5, 0.6) is 0 Å². The molecular weight excluding hydrogens is 303 g/mol. The zero-order valence-electron chi connectivity index (χ0n) is 13.7. The molecule has 23 heavy (non-hydrogen) atoms. The fraction of sp³-hybridized carbons (Fsp3) is 0.438. The molecule has 0 bridgehead atoms. The standard InChI is InChI=1S/C16H18BF2NO3/c1-9-13(17-22-15(2,3)16(4,5)23-17)14(20-21-9)11-7-6-10(18)8-12(11)19/h6-8H,1-5H3. The molecule has 2 aromatic rings. The predicted octanol–water partition coefficient (Wildman–Crippen LogP) is 3.23. The minimum atomic E-state index is -0.731. The average Bonchev–Trinajstić information content (AvgIpc) is 2.87. The highest BCUT2D eigenvalue weighted by Gasteiger charge is 2.53. The highest BCUT2D eigenvalue weighted by atomic mass is 19.1. The molecule has 1 aromatic carbocycles. The third-order valence-corrected chi connectivity index (χ3v) is 4.58. The summed E-state index contributed by atoms with van der Waals surface area (Å²) in [6, 6.07) is 3.32. The highest BCUT2D eigenvalue weighted by Crippen LogP contribution is 2.37. The Hall–Kier alpha value is -1.73. The van der Waals surface area contributed by atoms with Gasteiger partial charge in [0.1, 0.15) is 23.1 Å². The van der Waals surface area contributed by atoms with Gasteiger partial charge in [-0.25, -0.2) is 8.78 Å². The second kappa shape index (κ2) is 5.14. The first-order chi connectivity index (χ1) is 10.6. The van der Waals surface area contributed by atoms with E-state index in [0.717, 1.165) is 6.07 Å². The molecule has 3 rings (SSSR count). The van der Waals surface area contributed by atoms with E-state index in [1.54, 1.807) is 6.92 Å². The van der Waals surface area contributed by atoms with Crippen molar-refractivity contribution in [1.82, 2.24) is 5.16 Å². The number of halogens is 2. The molecule has 1 saturated heterocycles. The molecule has 1 fully saturated rings. The zero-order valence-corrected chi connectivity index (χ0v) is 13.7. The van der Waals surface area contributed by atoms with Crippen molar-refractivity contribution in [2.75, 3.05) is 0 Å². The smallest absolute Gasteiger partial charge is 0.399 e. The van der Waals surface area contributed by atoms with Gasteiger partial charge in [-0.15, -0.1) is 0 Å². The number of aromatic nitrogens is 1. The Kier molecular flexibility index (Phi) is 3.61. The van der Waals surface area contributed by atoms with Gasteiger partial charge in [0.2, 0.25) is 0 Å². The quantitative estimate of drug-likeness (QED) is 0.797. The van der Waals surface area contributed by atoms with Crippen LogP contribution in [0.2, 0.25) is 0 Å².